The largest absolute Gasteiger partial charge is 0.520 e. The number of nitrogens with one attached hydrogen (secondary N) is 1. The van der Waals surface area contributed by atoms with Gasteiger partial charge in [0.1, 0.15) is 0 Å². The Balaban J connectivity index is 2.25. The van der Waals surface area contributed by atoms with E-state index in [2.05, 4.69) is 36.2 Å². The molecule has 0 amide bonds. The highest BCUT2D eigenvalue weighted by Gasteiger charge is 2.41. The van der Waals surface area contributed by atoms with E-state index in [9.17, 15) is 0 Å². The fourth-order valence-corrected chi connectivity index (χ4v) is 3.93. The summed E-state index contributed by atoms with van der Waals surface area (Å²) < 4.78 is 16.5. The van der Waals surface area contributed by atoms with Crippen molar-refractivity contribution in [3.63, 3.8) is 0 Å². The fourth-order valence-electron chi connectivity index (χ4n) is 2.29. The van der Waals surface area contributed by atoms with E-state index in [-0.39, 0.29) is 0 Å². The summed E-state index contributed by atoms with van der Waals surface area (Å²) in [5, 5.41) is 3.39. The molecule has 1 aliphatic rings. The fraction of sp³-hybridized carbons (Fsp3) is 0.538. The monoisotopic (exact) mass is 282 g/mol. The lowest BCUT2D eigenvalue weighted by Crippen LogP contribution is -2.53. The lowest BCUT2D eigenvalue weighted by Gasteiger charge is -2.29. The molecule has 0 bridgehead atoms. The Kier molecular flexibility index (Phi) is 4.15. The van der Waals surface area contributed by atoms with Crippen LogP contribution in [0, 0.1) is 13.8 Å². The first-order valence-electron chi connectivity index (χ1n) is 6.30. The number of hydrogen-bond donors (Lipinski definition) is 1. The van der Waals surface area contributed by atoms with Crippen molar-refractivity contribution in [1.29, 1.82) is 0 Å². The number of nitrogens with zero attached hydrogens (tertiary/aromatic N) is 1. The highest BCUT2D eigenvalue weighted by Crippen LogP contribution is 2.34. The molecule has 1 aromatic rings. The molecule has 5 nitrogen and oxygen atoms in total. The second-order valence-corrected chi connectivity index (χ2v) is 7.69. The molecule has 0 atom stereocenters. The molecule has 0 spiro atoms. The van der Waals surface area contributed by atoms with Gasteiger partial charge in [-0.25, -0.2) is 0 Å². The van der Waals surface area contributed by atoms with Crippen molar-refractivity contribution in [2.75, 3.05) is 44.4 Å². The van der Waals surface area contributed by atoms with Crippen LogP contribution < -0.4 is 10.2 Å². The Bertz CT molecular complexity index is 455. The van der Waals surface area contributed by atoms with Crippen LogP contribution in [0.4, 0.5) is 11.4 Å². The molecule has 0 saturated heterocycles. The zero-order valence-corrected chi connectivity index (χ0v) is 13.2. The molecule has 19 heavy (non-hydrogen) atoms. The molecule has 0 aliphatic carbocycles. The van der Waals surface area contributed by atoms with Crippen LogP contribution in [-0.4, -0.2) is 43.0 Å². The Morgan fingerprint density at radius 3 is 2.26 bits per heavy atom. The SMILES string of the molecule is CO[Si](CN1CNc2cc(C)c(C)cc21)(OC)OC. The minimum atomic E-state index is -2.60. The summed E-state index contributed by atoms with van der Waals surface area (Å²) in [5.41, 5.74) is 4.93. The molecule has 1 aliphatic heterocycles. The Hall–Kier alpha value is -1.08. The Labute approximate surface area is 115 Å². The maximum atomic E-state index is 5.49. The Morgan fingerprint density at radius 2 is 1.68 bits per heavy atom. The van der Waals surface area contributed by atoms with Gasteiger partial charge in [0.15, 0.2) is 0 Å². The zero-order chi connectivity index (χ0) is 14.0. The van der Waals surface area contributed by atoms with E-state index < -0.39 is 8.80 Å². The second kappa shape index (κ2) is 5.50. The molecule has 2 rings (SSSR count). The highest BCUT2D eigenvalue weighted by molar-refractivity contribution is 6.61. The maximum Gasteiger partial charge on any atom is 0.520 e. The summed E-state index contributed by atoms with van der Waals surface area (Å²) in [6, 6.07) is 4.38. The van der Waals surface area contributed by atoms with Crippen molar-refractivity contribution in [2.45, 2.75) is 13.8 Å². The van der Waals surface area contributed by atoms with Gasteiger partial charge in [0.25, 0.3) is 0 Å². The van der Waals surface area contributed by atoms with E-state index in [0.29, 0.717) is 6.17 Å². The standard InChI is InChI=1S/C13H22N2O3Si/c1-10-6-12-13(7-11(10)2)15(8-14-12)9-19(16-3,17-4)18-5/h6-7,14H,8-9H2,1-5H3. The number of aryl methyl sites for hydroxylation is 2. The van der Waals surface area contributed by atoms with E-state index in [1.165, 1.54) is 16.8 Å². The molecule has 0 saturated carbocycles. The molecular formula is C13H22N2O3Si. The quantitative estimate of drug-likeness (QED) is 0.836. The zero-order valence-electron chi connectivity index (χ0n) is 12.2. The third-order valence-electron chi connectivity index (χ3n) is 3.73. The van der Waals surface area contributed by atoms with Gasteiger partial charge in [-0.1, -0.05) is 0 Å². The number of rotatable bonds is 5. The summed E-state index contributed by atoms with van der Waals surface area (Å²) in [5.74, 6) is 0. The van der Waals surface area contributed by atoms with E-state index in [4.69, 9.17) is 13.3 Å². The molecule has 1 N–H and O–H groups in total. The topological polar surface area (TPSA) is 43.0 Å². The van der Waals surface area contributed by atoms with Crippen LogP contribution in [0.5, 0.6) is 0 Å². The molecule has 1 heterocycles. The van der Waals surface area contributed by atoms with Gasteiger partial charge < -0.3 is 23.5 Å². The predicted octanol–water partition coefficient (Wildman–Crippen LogP) is 1.91. The molecule has 1 aromatic carbocycles. The molecule has 0 radical (unpaired) electrons. The van der Waals surface area contributed by atoms with E-state index >= 15 is 0 Å². The van der Waals surface area contributed by atoms with Crippen molar-refractivity contribution in [1.82, 2.24) is 0 Å². The number of anilines is 2. The third-order valence-corrected chi connectivity index (χ3v) is 6.37. The van der Waals surface area contributed by atoms with Crippen LogP contribution in [-0.2, 0) is 13.3 Å². The van der Waals surface area contributed by atoms with Gasteiger partial charge in [-0.2, -0.15) is 0 Å². The lowest BCUT2D eigenvalue weighted by atomic mass is 10.1. The summed E-state index contributed by atoms with van der Waals surface area (Å²) in [4.78, 5) is 2.21. The first-order valence-corrected chi connectivity index (χ1v) is 8.24. The second-order valence-electron chi connectivity index (χ2n) is 4.78. The van der Waals surface area contributed by atoms with Gasteiger partial charge >= 0.3 is 8.80 Å². The van der Waals surface area contributed by atoms with Crippen molar-refractivity contribution in [2.24, 2.45) is 0 Å². The van der Waals surface area contributed by atoms with Gasteiger partial charge in [-0.05, 0) is 37.1 Å². The van der Waals surface area contributed by atoms with Gasteiger partial charge in [-0.3, -0.25) is 0 Å². The van der Waals surface area contributed by atoms with Gasteiger partial charge in [-0.15, -0.1) is 0 Å². The van der Waals surface area contributed by atoms with Crippen molar-refractivity contribution < 1.29 is 13.3 Å². The van der Waals surface area contributed by atoms with Crippen LogP contribution in [0.3, 0.4) is 0 Å². The lowest BCUT2D eigenvalue weighted by molar-refractivity contribution is 0.125. The van der Waals surface area contributed by atoms with Crippen LogP contribution in [0.25, 0.3) is 0 Å². The van der Waals surface area contributed by atoms with E-state index in [1.807, 2.05) is 0 Å². The number of fused-ring (bicyclic) bond motifs is 1. The number of hydrogen-bond acceptors (Lipinski definition) is 5. The maximum absolute atomic E-state index is 5.49. The van der Waals surface area contributed by atoms with Crippen LogP contribution in [0.2, 0.25) is 0 Å². The third kappa shape index (κ3) is 2.62. The Morgan fingerprint density at radius 1 is 1.11 bits per heavy atom. The molecule has 106 valence electrons. The van der Waals surface area contributed by atoms with Crippen molar-refractivity contribution in [3.8, 4) is 0 Å². The van der Waals surface area contributed by atoms with Crippen LogP contribution >= 0.6 is 0 Å². The average Bonchev–Trinajstić information content (AvgIpc) is 2.79. The highest BCUT2D eigenvalue weighted by atomic mass is 28.4. The summed E-state index contributed by atoms with van der Waals surface area (Å²) >= 11 is 0. The predicted molar refractivity (Wildman–Crippen MR) is 78.5 cm³/mol. The number of benzene rings is 1. The molecule has 0 aromatic heterocycles. The van der Waals surface area contributed by atoms with Crippen molar-refractivity contribution in [3.05, 3.63) is 23.3 Å². The first kappa shape index (κ1) is 14.3. The average molecular weight is 282 g/mol. The van der Waals surface area contributed by atoms with Gasteiger partial charge in [0.05, 0.1) is 24.2 Å². The normalized spacial score (nSPS) is 14.5. The smallest absolute Gasteiger partial charge is 0.376 e. The minimum absolute atomic E-state index is 0.638. The minimum Gasteiger partial charge on any atom is -0.376 e. The van der Waals surface area contributed by atoms with Crippen LogP contribution in [0.15, 0.2) is 12.1 Å². The van der Waals surface area contributed by atoms with E-state index in [0.717, 1.165) is 12.4 Å². The van der Waals surface area contributed by atoms with Crippen molar-refractivity contribution >= 4 is 20.2 Å². The van der Waals surface area contributed by atoms with Crippen LogP contribution in [0.1, 0.15) is 11.1 Å². The van der Waals surface area contributed by atoms with E-state index in [1.54, 1.807) is 21.3 Å². The first-order chi connectivity index (χ1) is 9.05. The summed E-state index contributed by atoms with van der Waals surface area (Å²) in [6.45, 7) is 5.00. The summed E-state index contributed by atoms with van der Waals surface area (Å²) in [7, 11) is 2.33. The van der Waals surface area contributed by atoms with Gasteiger partial charge in [0.2, 0.25) is 0 Å². The van der Waals surface area contributed by atoms with Gasteiger partial charge in [0, 0.05) is 21.3 Å². The molecular weight excluding hydrogens is 260 g/mol. The molecule has 0 fully saturated rings. The molecule has 6 heteroatoms. The molecule has 0 unspecified atom stereocenters. The summed E-state index contributed by atoms with van der Waals surface area (Å²) in [6.07, 6.45) is 0.638.